The topological polar surface area (TPSA) is 43.3 Å². The Morgan fingerprint density at radius 2 is 2.25 bits per heavy atom. The number of fused-ring (bicyclic) bond motifs is 3. The molecule has 2 heterocycles. The number of hydrogen-bond acceptors (Lipinski definition) is 3. The number of esters is 1. The van der Waals surface area contributed by atoms with Crippen LogP contribution in [0.1, 0.15) is 28.5 Å². The minimum absolute atomic E-state index is 0.289. The van der Waals surface area contributed by atoms with Gasteiger partial charge in [0.2, 0.25) is 0 Å². The van der Waals surface area contributed by atoms with Crippen LogP contribution in [0, 0.1) is 5.82 Å². The number of carbonyl (C=O) groups is 1. The molecule has 0 aliphatic carbocycles. The molecule has 0 unspecified atom stereocenters. The highest BCUT2D eigenvalue weighted by atomic mass is 19.1. The summed E-state index contributed by atoms with van der Waals surface area (Å²) in [4.78, 5) is 11.9. The summed E-state index contributed by atoms with van der Waals surface area (Å²) in [6.45, 7) is 3.29. The molecular formula is C15H15FN2O2. The second kappa shape index (κ2) is 5.09. The number of rotatable bonds is 2. The SMILES string of the molecule is CCOC(=O)c1ccn2c1CNCc1ccc(F)cc1-2. The van der Waals surface area contributed by atoms with Crippen LogP contribution in [-0.2, 0) is 17.8 Å². The van der Waals surface area contributed by atoms with E-state index in [-0.39, 0.29) is 11.8 Å². The van der Waals surface area contributed by atoms with E-state index < -0.39 is 0 Å². The van der Waals surface area contributed by atoms with Gasteiger partial charge in [-0.15, -0.1) is 0 Å². The van der Waals surface area contributed by atoms with Gasteiger partial charge in [-0.2, -0.15) is 0 Å². The molecule has 0 spiro atoms. The van der Waals surface area contributed by atoms with E-state index in [0.717, 1.165) is 16.9 Å². The minimum atomic E-state index is -0.345. The summed E-state index contributed by atoms with van der Waals surface area (Å²) in [5.41, 5.74) is 3.08. The van der Waals surface area contributed by atoms with Crippen LogP contribution in [-0.4, -0.2) is 17.1 Å². The first-order valence-corrected chi connectivity index (χ1v) is 6.57. The molecule has 0 amide bonds. The fourth-order valence-electron chi connectivity index (χ4n) is 2.49. The van der Waals surface area contributed by atoms with Gasteiger partial charge in [0.25, 0.3) is 0 Å². The molecule has 2 aromatic rings. The van der Waals surface area contributed by atoms with Gasteiger partial charge in [-0.05, 0) is 30.7 Å². The summed E-state index contributed by atoms with van der Waals surface area (Å²) in [6.07, 6.45) is 1.78. The van der Waals surface area contributed by atoms with E-state index in [1.165, 1.54) is 12.1 Å². The number of nitrogens with zero attached hydrogens (tertiary/aromatic N) is 1. The van der Waals surface area contributed by atoms with E-state index in [0.29, 0.717) is 25.3 Å². The lowest BCUT2D eigenvalue weighted by atomic mass is 10.1. The summed E-state index contributed by atoms with van der Waals surface area (Å²) >= 11 is 0. The fourth-order valence-corrected chi connectivity index (χ4v) is 2.49. The average molecular weight is 274 g/mol. The standard InChI is InChI=1S/C15H15FN2O2/c1-2-20-15(19)12-5-6-18-13-7-11(16)4-3-10(13)8-17-9-14(12)18/h3-7,17H,2,8-9H2,1H3. The lowest BCUT2D eigenvalue weighted by molar-refractivity contribution is 0.0525. The van der Waals surface area contributed by atoms with Crippen LogP contribution in [0.3, 0.4) is 0 Å². The Hall–Kier alpha value is -2.14. The first-order valence-electron chi connectivity index (χ1n) is 6.57. The van der Waals surface area contributed by atoms with Crippen molar-refractivity contribution in [1.82, 2.24) is 9.88 Å². The van der Waals surface area contributed by atoms with Gasteiger partial charge in [-0.25, -0.2) is 9.18 Å². The molecule has 0 fully saturated rings. The van der Waals surface area contributed by atoms with Gasteiger partial charge in [0, 0.05) is 19.3 Å². The summed E-state index contributed by atoms with van der Waals surface area (Å²) in [7, 11) is 0. The molecule has 0 atom stereocenters. The predicted molar refractivity (Wildman–Crippen MR) is 72.2 cm³/mol. The van der Waals surface area contributed by atoms with E-state index in [2.05, 4.69) is 5.32 Å². The quantitative estimate of drug-likeness (QED) is 0.855. The molecule has 5 heteroatoms. The van der Waals surface area contributed by atoms with E-state index >= 15 is 0 Å². The van der Waals surface area contributed by atoms with Crippen molar-refractivity contribution in [3.8, 4) is 5.69 Å². The number of aromatic nitrogens is 1. The van der Waals surface area contributed by atoms with Crippen molar-refractivity contribution in [3.05, 3.63) is 53.1 Å². The molecule has 1 aliphatic heterocycles. The lowest BCUT2D eigenvalue weighted by Crippen LogP contribution is -2.14. The maximum Gasteiger partial charge on any atom is 0.340 e. The van der Waals surface area contributed by atoms with Gasteiger partial charge in [0.1, 0.15) is 5.82 Å². The molecule has 1 aromatic carbocycles. The average Bonchev–Trinajstić information content (AvgIpc) is 2.77. The van der Waals surface area contributed by atoms with Crippen molar-refractivity contribution >= 4 is 5.97 Å². The monoisotopic (exact) mass is 274 g/mol. The van der Waals surface area contributed by atoms with Crippen molar-refractivity contribution in [1.29, 1.82) is 0 Å². The zero-order valence-electron chi connectivity index (χ0n) is 11.1. The Labute approximate surface area is 116 Å². The Morgan fingerprint density at radius 3 is 3.05 bits per heavy atom. The Bertz CT molecular complexity index is 664. The molecule has 0 radical (unpaired) electrons. The van der Waals surface area contributed by atoms with Gasteiger partial charge in [-0.3, -0.25) is 0 Å². The summed E-state index contributed by atoms with van der Waals surface area (Å²) in [6, 6.07) is 6.41. The first-order chi connectivity index (χ1) is 9.70. The van der Waals surface area contributed by atoms with E-state index in [1.807, 2.05) is 4.57 Å². The van der Waals surface area contributed by atoms with Crippen LogP contribution in [0.4, 0.5) is 4.39 Å². The van der Waals surface area contributed by atoms with Crippen LogP contribution < -0.4 is 5.32 Å². The third-order valence-electron chi connectivity index (χ3n) is 3.40. The smallest absolute Gasteiger partial charge is 0.340 e. The number of benzene rings is 1. The van der Waals surface area contributed by atoms with Crippen LogP contribution in [0.25, 0.3) is 5.69 Å². The van der Waals surface area contributed by atoms with Crippen molar-refractivity contribution < 1.29 is 13.9 Å². The molecule has 0 saturated carbocycles. The van der Waals surface area contributed by atoms with E-state index in [9.17, 15) is 9.18 Å². The number of hydrogen-bond donors (Lipinski definition) is 1. The van der Waals surface area contributed by atoms with Gasteiger partial charge >= 0.3 is 5.97 Å². The van der Waals surface area contributed by atoms with Crippen LogP contribution >= 0.6 is 0 Å². The molecule has 20 heavy (non-hydrogen) atoms. The predicted octanol–water partition coefficient (Wildman–Crippen LogP) is 2.40. The highest BCUT2D eigenvalue weighted by Crippen LogP contribution is 2.25. The van der Waals surface area contributed by atoms with Crippen LogP contribution in [0.5, 0.6) is 0 Å². The molecule has 4 nitrogen and oxygen atoms in total. The summed E-state index contributed by atoms with van der Waals surface area (Å²) in [5.74, 6) is -0.633. The van der Waals surface area contributed by atoms with E-state index in [1.54, 1.807) is 25.3 Å². The van der Waals surface area contributed by atoms with E-state index in [4.69, 9.17) is 4.74 Å². The second-order valence-electron chi connectivity index (χ2n) is 4.64. The number of nitrogens with one attached hydrogen (secondary N) is 1. The van der Waals surface area contributed by atoms with Gasteiger partial charge in [-0.1, -0.05) is 6.07 Å². The summed E-state index contributed by atoms with van der Waals surface area (Å²) < 4.78 is 20.4. The zero-order valence-corrected chi connectivity index (χ0v) is 11.1. The largest absolute Gasteiger partial charge is 0.462 e. The van der Waals surface area contributed by atoms with Gasteiger partial charge in [0.05, 0.1) is 23.6 Å². The summed E-state index contributed by atoms with van der Waals surface area (Å²) in [5, 5.41) is 3.25. The van der Waals surface area contributed by atoms with Crippen molar-refractivity contribution in [2.45, 2.75) is 20.0 Å². The minimum Gasteiger partial charge on any atom is -0.462 e. The highest BCUT2D eigenvalue weighted by molar-refractivity contribution is 5.91. The third-order valence-corrected chi connectivity index (χ3v) is 3.40. The third kappa shape index (κ3) is 2.10. The van der Waals surface area contributed by atoms with Gasteiger partial charge < -0.3 is 14.6 Å². The maximum atomic E-state index is 13.5. The second-order valence-corrected chi connectivity index (χ2v) is 4.64. The molecular weight excluding hydrogens is 259 g/mol. The fraction of sp³-hybridized carbons (Fsp3) is 0.267. The maximum absolute atomic E-state index is 13.5. The Morgan fingerprint density at radius 1 is 1.40 bits per heavy atom. The van der Waals surface area contributed by atoms with Crippen LogP contribution in [0.2, 0.25) is 0 Å². The normalized spacial score (nSPS) is 13.3. The zero-order chi connectivity index (χ0) is 14.1. The van der Waals surface area contributed by atoms with Crippen molar-refractivity contribution in [3.63, 3.8) is 0 Å². The molecule has 1 aromatic heterocycles. The van der Waals surface area contributed by atoms with Crippen LogP contribution in [0.15, 0.2) is 30.5 Å². The first kappa shape index (κ1) is 12.9. The van der Waals surface area contributed by atoms with Gasteiger partial charge in [0.15, 0.2) is 0 Å². The molecule has 1 aliphatic rings. The number of carbonyl (C=O) groups excluding carboxylic acids is 1. The molecule has 0 bridgehead atoms. The number of halogens is 1. The van der Waals surface area contributed by atoms with Crippen molar-refractivity contribution in [2.75, 3.05) is 6.61 Å². The molecule has 104 valence electrons. The lowest BCUT2D eigenvalue weighted by Gasteiger charge is -2.10. The molecule has 3 rings (SSSR count). The van der Waals surface area contributed by atoms with Crippen molar-refractivity contribution in [2.24, 2.45) is 0 Å². The molecule has 0 saturated heterocycles. The highest BCUT2D eigenvalue weighted by Gasteiger charge is 2.21. The molecule has 1 N–H and O–H groups in total. The Kier molecular flexibility index (Phi) is 3.28. The Balaban J connectivity index is 2.12. The number of ether oxygens (including phenoxy) is 1.